The zero-order valence-corrected chi connectivity index (χ0v) is 19.7. The van der Waals surface area contributed by atoms with Crippen LogP contribution in [0.2, 0.25) is 10.0 Å². The Morgan fingerprint density at radius 3 is 1.53 bits per heavy atom. The lowest BCUT2D eigenvalue weighted by molar-refractivity contribution is -0.131. The topological polar surface area (TPSA) is 76.7 Å². The molecule has 2 N–H and O–H groups in total. The zero-order chi connectivity index (χ0) is 23.1. The van der Waals surface area contributed by atoms with Crippen LogP contribution in [0, 0.1) is 0 Å². The maximum Gasteiger partial charge on any atom is 0.261 e. The van der Waals surface area contributed by atoms with Gasteiger partial charge in [-0.15, -0.1) is 0 Å². The maximum atomic E-state index is 12.7. The fourth-order valence-electron chi connectivity index (χ4n) is 3.65. The summed E-state index contributed by atoms with van der Waals surface area (Å²) in [5, 5.41) is 6.95. The summed E-state index contributed by atoms with van der Waals surface area (Å²) in [5.74, 6) is 0.402. The van der Waals surface area contributed by atoms with Gasteiger partial charge in [0.15, 0.2) is 12.2 Å². The number of hydrogen-bond acceptors (Lipinski definition) is 4. The summed E-state index contributed by atoms with van der Waals surface area (Å²) in [6.45, 7) is 3.35. The summed E-state index contributed by atoms with van der Waals surface area (Å²) < 4.78 is 11.4. The minimum absolute atomic E-state index is 0.190. The van der Waals surface area contributed by atoms with Crippen molar-refractivity contribution in [2.75, 3.05) is 0 Å². The molecule has 0 heterocycles. The van der Waals surface area contributed by atoms with Gasteiger partial charge in [-0.05, 0) is 51.0 Å². The van der Waals surface area contributed by atoms with Gasteiger partial charge in [-0.2, -0.15) is 0 Å². The number of carbonyl (C=O) groups excluding carboxylic acids is 2. The first-order chi connectivity index (χ1) is 15.3. The Balaban J connectivity index is 1.56. The quantitative estimate of drug-likeness (QED) is 0.572. The number of amides is 2. The molecule has 32 heavy (non-hydrogen) atoms. The van der Waals surface area contributed by atoms with Crippen molar-refractivity contribution in [3.8, 4) is 11.5 Å². The highest BCUT2D eigenvalue weighted by Gasteiger charge is 2.31. The van der Waals surface area contributed by atoms with Gasteiger partial charge in [-0.1, -0.05) is 60.3 Å². The van der Waals surface area contributed by atoms with Gasteiger partial charge in [0.2, 0.25) is 0 Å². The van der Waals surface area contributed by atoms with E-state index in [0.717, 1.165) is 25.7 Å². The smallest absolute Gasteiger partial charge is 0.261 e. The highest BCUT2D eigenvalue weighted by Crippen LogP contribution is 2.26. The Bertz CT molecular complexity index is 864. The summed E-state index contributed by atoms with van der Waals surface area (Å²) in [6.07, 6.45) is 2.04. The van der Waals surface area contributed by atoms with Crippen LogP contribution < -0.4 is 20.1 Å². The number of ether oxygens (including phenoxy) is 2. The normalized spacial score (nSPS) is 20.0. The van der Waals surface area contributed by atoms with Crippen LogP contribution in [-0.4, -0.2) is 36.1 Å². The lowest BCUT2D eigenvalue weighted by Gasteiger charge is -2.34. The first-order valence-electron chi connectivity index (χ1n) is 10.8. The molecule has 6 nitrogen and oxygen atoms in total. The van der Waals surface area contributed by atoms with Crippen LogP contribution in [0.3, 0.4) is 0 Å². The fraction of sp³-hybridized carbons (Fsp3) is 0.417. The van der Waals surface area contributed by atoms with Crippen LogP contribution >= 0.6 is 23.2 Å². The molecule has 0 aromatic heterocycles. The molecule has 0 spiro atoms. The van der Waals surface area contributed by atoms with Gasteiger partial charge in [-0.3, -0.25) is 9.59 Å². The van der Waals surface area contributed by atoms with Crippen molar-refractivity contribution in [2.45, 2.75) is 63.8 Å². The molecule has 0 saturated heterocycles. The van der Waals surface area contributed by atoms with Gasteiger partial charge in [0, 0.05) is 12.1 Å². The molecular weight excluding hydrogens is 451 g/mol. The van der Waals surface area contributed by atoms with Crippen molar-refractivity contribution in [3.63, 3.8) is 0 Å². The monoisotopic (exact) mass is 478 g/mol. The van der Waals surface area contributed by atoms with E-state index in [2.05, 4.69) is 10.6 Å². The van der Waals surface area contributed by atoms with Gasteiger partial charge in [0.05, 0.1) is 10.0 Å². The summed E-state index contributed by atoms with van der Waals surface area (Å²) in [6, 6.07) is 13.7. The third-order valence-electron chi connectivity index (χ3n) is 5.44. The van der Waals surface area contributed by atoms with Gasteiger partial charge in [-0.25, -0.2) is 0 Å². The van der Waals surface area contributed by atoms with Crippen molar-refractivity contribution in [3.05, 3.63) is 58.6 Å². The van der Waals surface area contributed by atoms with E-state index in [1.807, 2.05) is 0 Å². The number of nitrogens with one attached hydrogen (secondary N) is 2. The largest absolute Gasteiger partial charge is 0.479 e. The molecule has 1 fully saturated rings. The van der Waals surface area contributed by atoms with Gasteiger partial charge in [0.1, 0.15) is 11.5 Å². The molecule has 0 radical (unpaired) electrons. The Morgan fingerprint density at radius 2 is 1.16 bits per heavy atom. The fourth-order valence-corrected chi connectivity index (χ4v) is 4.01. The van der Waals surface area contributed by atoms with Crippen molar-refractivity contribution in [1.82, 2.24) is 10.6 Å². The SMILES string of the molecule is CC(Oc1ccccc1Cl)C(=O)NC1CCCCC1NC(=O)C(C)Oc1ccccc1Cl. The minimum atomic E-state index is -0.726. The van der Waals surface area contributed by atoms with E-state index in [9.17, 15) is 9.59 Å². The van der Waals surface area contributed by atoms with Gasteiger partial charge >= 0.3 is 0 Å². The molecule has 0 aliphatic heterocycles. The van der Waals surface area contributed by atoms with E-state index in [1.54, 1.807) is 62.4 Å². The van der Waals surface area contributed by atoms with Crippen LogP contribution in [0.4, 0.5) is 0 Å². The van der Waals surface area contributed by atoms with Crippen LogP contribution in [0.5, 0.6) is 11.5 Å². The van der Waals surface area contributed by atoms with Crippen molar-refractivity contribution in [2.24, 2.45) is 0 Å². The first-order valence-corrected chi connectivity index (χ1v) is 11.5. The van der Waals surface area contributed by atoms with Gasteiger partial charge in [0.25, 0.3) is 11.8 Å². The Labute approximate surface area is 198 Å². The molecule has 2 aromatic rings. The third-order valence-corrected chi connectivity index (χ3v) is 6.07. The molecule has 4 atom stereocenters. The van der Waals surface area contributed by atoms with Crippen molar-refractivity contribution >= 4 is 35.0 Å². The predicted octanol–water partition coefficient (Wildman–Crippen LogP) is 4.77. The van der Waals surface area contributed by atoms with E-state index < -0.39 is 12.2 Å². The van der Waals surface area contributed by atoms with E-state index in [-0.39, 0.29) is 23.9 Å². The second-order valence-corrected chi connectivity index (χ2v) is 8.71. The number of carbonyl (C=O) groups is 2. The Morgan fingerprint density at radius 1 is 0.781 bits per heavy atom. The number of halogens is 2. The second kappa shape index (κ2) is 11.4. The summed E-state index contributed by atoms with van der Waals surface area (Å²) in [5.41, 5.74) is 0. The highest BCUT2D eigenvalue weighted by molar-refractivity contribution is 6.32. The van der Waals surface area contributed by atoms with E-state index in [4.69, 9.17) is 32.7 Å². The van der Waals surface area contributed by atoms with Crippen molar-refractivity contribution < 1.29 is 19.1 Å². The van der Waals surface area contributed by atoms with Crippen LogP contribution in [-0.2, 0) is 9.59 Å². The Kier molecular flexibility index (Phi) is 8.65. The average molecular weight is 479 g/mol. The van der Waals surface area contributed by atoms with E-state index >= 15 is 0 Å². The number of benzene rings is 2. The molecular formula is C24H28Cl2N2O4. The highest BCUT2D eigenvalue weighted by atomic mass is 35.5. The van der Waals surface area contributed by atoms with Crippen LogP contribution in [0.15, 0.2) is 48.5 Å². The minimum Gasteiger partial charge on any atom is -0.479 e. The Hall–Kier alpha value is -2.44. The summed E-state index contributed by atoms with van der Waals surface area (Å²) in [4.78, 5) is 25.5. The van der Waals surface area contributed by atoms with E-state index in [0.29, 0.717) is 21.5 Å². The molecule has 2 aromatic carbocycles. The number of para-hydroxylation sites is 2. The zero-order valence-electron chi connectivity index (χ0n) is 18.1. The molecule has 4 unspecified atom stereocenters. The lowest BCUT2D eigenvalue weighted by Crippen LogP contribution is -2.56. The molecule has 1 aliphatic carbocycles. The predicted molar refractivity (Wildman–Crippen MR) is 125 cm³/mol. The number of rotatable bonds is 8. The maximum absolute atomic E-state index is 12.7. The molecule has 1 aliphatic rings. The molecule has 8 heteroatoms. The molecule has 172 valence electrons. The number of hydrogen-bond donors (Lipinski definition) is 2. The third kappa shape index (κ3) is 6.53. The molecule has 0 bridgehead atoms. The first kappa shape index (κ1) is 24.2. The standard InChI is InChI=1S/C24H28Cl2N2O4/c1-15(31-21-13-7-3-9-17(21)25)23(29)27-19-11-5-6-12-20(19)28-24(30)16(2)32-22-14-8-4-10-18(22)26/h3-4,7-10,13-16,19-20H,5-6,11-12H2,1-2H3,(H,27,29)(H,28,30). The van der Waals surface area contributed by atoms with E-state index in [1.165, 1.54) is 0 Å². The molecule has 2 amide bonds. The van der Waals surface area contributed by atoms with Crippen LogP contribution in [0.1, 0.15) is 39.5 Å². The van der Waals surface area contributed by atoms with Crippen molar-refractivity contribution in [1.29, 1.82) is 0 Å². The molecule has 1 saturated carbocycles. The molecule has 3 rings (SSSR count). The van der Waals surface area contributed by atoms with Gasteiger partial charge < -0.3 is 20.1 Å². The summed E-state index contributed by atoms with van der Waals surface area (Å²) in [7, 11) is 0. The summed E-state index contributed by atoms with van der Waals surface area (Å²) >= 11 is 12.2. The average Bonchev–Trinajstić information content (AvgIpc) is 2.78. The lowest BCUT2D eigenvalue weighted by atomic mass is 9.90. The second-order valence-electron chi connectivity index (χ2n) is 7.90. The van der Waals surface area contributed by atoms with Crippen LogP contribution in [0.25, 0.3) is 0 Å².